The van der Waals surface area contributed by atoms with Crippen LogP contribution < -0.4 is 10.5 Å². The van der Waals surface area contributed by atoms with Gasteiger partial charge in [-0.05, 0) is 24.6 Å². The van der Waals surface area contributed by atoms with E-state index >= 15 is 0 Å². The highest BCUT2D eigenvalue weighted by Crippen LogP contribution is 2.46. The lowest BCUT2D eigenvalue weighted by Crippen LogP contribution is -2.41. The SMILES string of the molecule is CCCCCCCCCCCCCCCCCCOC[C@H](COP(=O)(O)OC[C@H]1O[C@@](C#N)(c2ccc3c(N)ccnn23)[C@H](O)[C@@H]1O)Oc1cncc(C#N)c1. The zero-order valence-corrected chi connectivity index (χ0v) is 33.4. The highest BCUT2D eigenvalue weighted by atomic mass is 31.2. The highest BCUT2D eigenvalue weighted by Gasteiger charge is 2.58. The molecular weight excluding hydrogens is 739 g/mol. The summed E-state index contributed by atoms with van der Waals surface area (Å²) in [6, 6.07) is 10.0. The number of nitrogens with two attached hydrogens (primary N) is 1. The van der Waals surface area contributed by atoms with Crippen molar-refractivity contribution in [2.24, 2.45) is 0 Å². The number of phosphoric acid groups is 1. The summed E-state index contributed by atoms with van der Waals surface area (Å²) in [5.74, 6) is 0.246. The number of aliphatic hydroxyl groups excluding tert-OH is 2. The largest absolute Gasteiger partial charge is 0.484 e. The number of nitrogen functional groups attached to an aromatic ring is 1. The van der Waals surface area contributed by atoms with Gasteiger partial charge in [0.05, 0.1) is 48.5 Å². The molecule has 0 aliphatic carbocycles. The van der Waals surface area contributed by atoms with Crippen molar-refractivity contribution in [2.45, 2.75) is 140 Å². The number of fused-ring (bicyclic) bond motifs is 1. The second-order valence-electron chi connectivity index (χ2n) is 14.4. The molecule has 4 heterocycles. The Bertz CT molecular complexity index is 1750. The van der Waals surface area contributed by atoms with E-state index in [0.717, 1.165) is 19.3 Å². The lowest BCUT2D eigenvalue weighted by Gasteiger charge is -2.24. The van der Waals surface area contributed by atoms with E-state index < -0.39 is 51.1 Å². The molecule has 15 nitrogen and oxygen atoms in total. The quantitative estimate of drug-likeness (QED) is 0.0434. The third-order valence-electron chi connectivity index (χ3n) is 10.0. The van der Waals surface area contributed by atoms with Crippen molar-refractivity contribution in [2.75, 3.05) is 32.2 Å². The van der Waals surface area contributed by atoms with Crippen molar-refractivity contribution < 1.29 is 42.9 Å². The molecule has 1 aliphatic heterocycles. The predicted molar refractivity (Wildman–Crippen MR) is 209 cm³/mol. The number of aromatic nitrogens is 3. The van der Waals surface area contributed by atoms with Gasteiger partial charge < -0.3 is 35.1 Å². The van der Waals surface area contributed by atoms with Crippen LogP contribution in [-0.4, -0.2) is 80.5 Å². The van der Waals surface area contributed by atoms with Crippen LogP contribution in [0.2, 0.25) is 0 Å². The van der Waals surface area contributed by atoms with E-state index in [4.69, 9.17) is 29.0 Å². The van der Waals surface area contributed by atoms with Gasteiger partial charge in [0.2, 0.25) is 5.60 Å². The van der Waals surface area contributed by atoms with E-state index in [0.29, 0.717) is 17.8 Å². The predicted octanol–water partition coefficient (Wildman–Crippen LogP) is 6.88. The molecule has 0 amide bonds. The minimum Gasteiger partial charge on any atom is -0.484 e. The molecule has 0 spiro atoms. The first kappa shape index (κ1) is 45.1. The second kappa shape index (κ2) is 23.6. The van der Waals surface area contributed by atoms with Gasteiger partial charge >= 0.3 is 7.82 Å². The lowest BCUT2D eigenvalue weighted by atomic mass is 9.92. The summed E-state index contributed by atoms with van der Waals surface area (Å²) in [4.78, 5) is 14.6. The molecule has 1 unspecified atom stereocenters. The molecular formula is C40H59N6O9P. The zero-order chi connectivity index (χ0) is 40.2. The van der Waals surface area contributed by atoms with Crippen molar-refractivity contribution in [3.63, 3.8) is 0 Å². The van der Waals surface area contributed by atoms with Gasteiger partial charge in [0, 0.05) is 25.1 Å². The standard InChI is InChI=1S/C40H59N6O9P/c1-2-3-4-5-6-7-8-9-10-11-12-13-14-15-16-17-22-51-27-33(54-32-23-31(24-41)25-44-26-32)28-52-56(49,50)53-29-36-38(47)39(48)40(30-42,55-36)37-19-18-35-34(43)20-21-45-46(35)37/h18-21,23,25-26,33,36,38-39,47-48H,2-17,22,27-29,43H2,1H3,(H,49,50)/t33-,36-,38-,39-,40+/m1/s1. The first-order chi connectivity index (χ1) is 27.1. The number of pyridine rings is 1. The van der Waals surface area contributed by atoms with E-state index in [-0.39, 0.29) is 23.6 Å². The Hall–Kier alpha value is -3.63. The fraction of sp³-hybridized carbons (Fsp3) is 0.650. The van der Waals surface area contributed by atoms with Crippen LogP contribution in [0, 0.1) is 22.7 Å². The molecule has 6 atom stereocenters. The molecule has 16 heteroatoms. The minimum absolute atomic E-state index is 0.0146. The molecule has 0 radical (unpaired) electrons. The summed E-state index contributed by atoms with van der Waals surface area (Å²) in [6.07, 6.45) is 18.7. The van der Waals surface area contributed by atoms with Gasteiger partial charge in [-0.3, -0.25) is 14.0 Å². The number of hydrogen-bond donors (Lipinski definition) is 4. The normalized spacial score (nSPS) is 21.1. The number of phosphoric ester groups is 1. The van der Waals surface area contributed by atoms with Crippen LogP contribution in [0.3, 0.4) is 0 Å². The Morgan fingerprint density at radius 1 is 0.929 bits per heavy atom. The zero-order valence-electron chi connectivity index (χ0n) is 32.5. The Morgan fingerprint density at radius 3 is 2.20 bits per heavy atom. The number of unbranched alkanes of at least 4 members (excludes halogenated alkanes) is 15. The molecule has 5 N–H and O–H groups in total. The molecule has 0 saturated carbocycles. The maximum Gasteiger partial charge on any atom is 0.472 e. The van der Waals surface area contributed by atoms with Gasteiger partial charge in [0.15, 0.2) is 0 Å². The average Bonchev–Trinajstić information content (AvgIpc) is 3.75. The van der Waals surface area contributed by atoms with Gasteiger partial charge in [-0.15, -0.1) is 0 Å². The van der Waals surface area contributed by atoms with Gasteiger partial charge in [-0.25, -0.2) is 9.08 Å². The topological polar surface area (TPSA) is 228 Å². The van der Waals surface area contributed by atoms with E-state index in [1.54, 1.807) is 12.1 Å². The summed E-state index contributed by atoms with van der Waals surface area (Å²) in [5, 5.41) is 45.4. The van der Waals surface area contributed by atoms with Crippen LogP contribution in [-0.2, 0) is 28.7 Å². The van der Waals surface area contributed by atoms with Gasteiger partial charge in [0.1, 0.15) is 42.3 Å². The van der Waals surface area contributed by atoms with Crippen LogP contribution in [0.15, 0.2) is 42.9 Å². The van der Waals surface area contributed by atoms with Crippen molar-refractivity contribution >= 4 is 19.0 Å². The minimum atomic E-state index is -4.79. The van der Waals surface area contributed by atoms with E-state index in [1.807, 2.05) is 12.1 Å². The van der Waals surface area contributed by atoms with Crippen LogP contribution in [0.4, 0.5) is 5.69 Å². The monoisotopic (exact) mass is 798 g/mol. The molecule has 1 saturated heterocycles. The number of nitriles is 2. The van der Waals surface area contributed by atoms with Gasteiger partial charge in [0.25, 0.3) is 0 Å². The summed E-state index contributed by atoms with van der Waals surface area (Å²) in [5.41, 5.74) is 5.12. The van der Waals surface area contributed by atoms with Crippen LogP contribution in [0.1, 0.15) is 121 Å². The molecule has 56 heavy (non-hydrogen) atoms. The molecule has 3 aromatic rings. The van der Waals surface area contributed by atoms with Crippen LogP contribution >= 0.6 is 7.82 Å². The number of anilines is 1. The number of aliphatic hydroxyl groups is 2. The maximum absolute atomic E-state index is 13.0. The molecule has 1 aliphatic rings. The first-order valence-corrected chi connectivity index (χ1v) is 21.5. The molecule has 1 fully saturated rings. The fourth-order valence-electron chi connectivity index (χ4n) is 6.84. The van der Waals surface area contributed by atoms with Crippen molar-refractivity contribution in [3.8, 4) is 17.9 Å². The summed E-state index contributed by atoms with van der Waals surface area (Å²) >= 11 is 0. The lowest BCUT2D eigenvalue weighted by molar-refractivity contribution is -0.0651. The molecule has 0 aromatic carbocycles. The van der Waals surface area contributed by atoms with Crippen molar-refractivity contribution in [1.29, 1.82) is 10.5 Å². The van der Waals surface area contributed by atoms with Crippen molar-refractivity contribution in [1.82, 2.24) is 14.6 Å². The first-order valence-electron chi connectivity index (χ1n) is 20.0. The van der Waals surface area contributed by atoms with E-state index in [2.05, 4.69) is 17.0 Å². The van der Waals surface area contributed by atoms with Gasteiger partial charge in [-0.2, -0.15) is 15.6 Å². The van der Waals surface area contributed by atoms with Crippen LogP contribution in [0.25, 0.3) is 5.52 Å². The molecule has 0 bridgehead atoms. The molecule has 3 aromatic heterocycles. The average molecular weight is 799 g/mol. The second-order valence-corrected chi connectivity index (χ2v) is 15.9. The Kier molecular flexibility index (Phi) is 19.0. The highest BCUT2D eigenvalue weighted by molar-refractivity contribution is 7.47. The number of nitrogens with zero attached hydrogens (tertiary/aromatic N) is 5. The Balaban J connectivity index is 1.18. The van der Waals surface area contributed by atoms with Gasteiger partial charge in [-0.1, -0.05) is 103 Å². The number of ether oxygens (including phenoxy) is 3. The van der Waals surface area contributed by atoms with E-state index in [1.165, 1.54) is 119 Å². The molecule has 308 valence electrons. The van der Waals surface area contributed by atoms with Crippen molar-refractivity contribution in [3.05, 3.63) is 54.1 Å². The third kappa shape index (κ3) is 13.5. The third-order valence-corrected chi connectivity index (χ3v) is 11.0. The number of hydrogen-bond acceptors (Lipinski definition) is 13. The number of rotatable bonds is 28. The summed E-state index contributed by atoms with van der Waals surface area (Å²) in [6.45, 7) is 1.58. The molecule has 4 rings (SSSR count). The Morgan fingerprint density at radius 2 is 1.57 bits per heavy atom. The summed E-state index contributed by atoms with van der Waals surface area (Å²) in [7, 11) is -4.79. The Labute approximate surface area is 330 Å². The maximum atomic E-state index is 13.0. The smallest absolute Gasteiger partial charge is 0.472 e. The van der Waals surface area contributed by atoms with E-state index in [9.17, 15) is 30.2 Å². The summed E-state index contributed by atoms with van der Waals surface area (Å²) < 4.78 is 42.3. The fourth-order valence-corrected chi connectivity index (χ4v) is 7.60. The van der Waals surface area contributed by atoms with Crippen LogP contribution in [0.5, 0.6) is 5.75 Å².